The van der Waals surface area contributed by atoms with Crippen LogP contribution in [0.25, 0.3) is 0 Å². The fourth-order valence-electron chi connectivity index (χ4n) is 3.05. The van der Waals surface area contributed by atoms with Crippen LogP contribution in [-0.2, 0) is 6.54 Å². The highest BCUT2D eigenvalue weighted by molar-refractivity contribution is 5.07. The van der Waals surface area contributed by atoms with Gasteiger partial charge in [-0.1, -0.05) is 6.07 Å². The van der Waals surface area contributed by atoms with Gasteiger partial charge in [-0.05, 0) is 44.7 Å². The molecule has 2 atom stereocenters. The molecule has 1 saturated carbocycles. The fraction of sp³-hybridized carbons (Fsp3) is 0.667. The zero-order chi connectivity index (χ0) is 12.6. The maximum atomic E-state index is 4.45. The molecule has 1 saturated heterocycles. The molecule has 1 aliphatic carbocycles. The van der Waals surface area contributed by atoms with Gasteiger partial charge in [-0.3, -0.25) is 9.88 Å². The van der Waals surface area contributed by atoms with E-state index in [2.05, 4.69) is 41.2 Å². The Morgan fingerprint density at radius 3 is 2.94 bits per heavy atom. The van der Waals surface area contributed by atoms with Crippen molar-refractivity contribution in [1.29, 1.82) is 0 Å². The van der Waals surface area contributed by atoms with Crippen LogP contribution in [-0.4, -0.2) is 34.6 Å². The topological polar surface area (TPSA) is 28.2 Å². The summed E-state index contributed by atoms with van der Waals surface area (Å²) < 4.78 is 0. The van der Waals surface area contributed by atoms with Crippen molar-refractivity contribution in [3.63, 3.8) is 0 Å². The van der Waals surface area contributed by atoms with Crippen LogP contribution in [0.4, 0.5) is 0 Å². The predicted molar refractivity (Wildman–Crippen MR) is 73.2 cm³/mol. The predicted octanol–water partition coefficient (Wildman–Crippen LogP) is 2.04. The Morgan fingerprint density at radius 2 is 2.28 bits per heavy atom. The molecule has 1 aliphatic heterocycles. The Hall–Kier alpha value is -0.930. The smallest absolute Gasteiger partial charge is 0.0544 e. The third kappa shape index (κ3) is 2.43. The Bertz CT molecular complexity index is 401. The molecule has 0 bridgehead atoms. The Balaban J connectivity index is 1.70. The van der Waals surface area contributed by atoms with Crippen LogP contribution in [0.15, 0.2) is 24.4 Å². The molecule has 1 aromatic rings. The van der Waals surface area contributed by atoms with E-state index in [1.54, 1.807) is 0 Å². The van der Waals surface area contributed by atoms with Crippen LogP contribution >= 0.6 is 0 Å². The molecule has 98 valence electrons. The van der Waals surface area contributed by atoms with Crippen molar-refractivity contribution in [3.05, 3.63) is 30.1 Å². The SMILES string of the molecule is CC1CNC(C)(C2CC2)CN1Cc1ccccn1. The van der Waals surface area contributed by atoms with Gasteiger partial charge in [0.1, 0.15) is 0 Å². The Labute approximate surface area is 110 Å². The lowest BCUT2D eigenvalue weighted by Crippen LogP contribution is -2.62. The minimum absolute atomic E-state index is 0.321. The summed E-state index contributed by atoms with van der Waals surface area (Å²) in [5.74, 6) is 0.885. The molecule has 1 N–H and O–H groups in total. The standard InChI is InChI=1S/C15H23N3/c1-12-9-17-15(2,13-6-7-13)11-18(12)10-14-5-3-4-8-16-14/h3-5,8,12-13,17H,6-7,9-11H2,1-2H3. The highest BCUT2D eigenvalue weighted by Crippen LogP contribution is 2.41. The van der Waals surface area contributed by atoms with E-state index in [1.165, 1.54) is 18.5 Å². The van der Waals surface area contributed by atoms with Crippen molar-refractivity contribution >= 4 is 0 Å². The monoisotopic (exact) mass is 245 g/mol. The lowest BCUT2D eigenvalue weighted by molar-refractivity contribution is 0.0760. The van der Waals surface area contributed by atoms with Gasteiger partial charge >= 0.3 is 0 Å². The van der Waals surface area contributed by atoms with E-state index >= 15 is 0 Å². The van der Waals surface area contributed by atoms with E-state index in [-0.39, 0.29) is 0 Å². The average molecular weight is 245 g/mol. The molecule has 3 nitrogen and oxygen atoms in total. The second-order valence-electron chi connectivity index (χ2n) is 6.15. The summed E-state index contributed by atoms with van der Waals surface area (Å²) in [7, 11) is 0. The molecule has 1 aromatic heterocycles. The lowest BCUT2D eigenvalue weighted by atomic mass is 9.91. The van der Waals surface area contributed by atoms with Gasteiger partial charge in [0, 0.05) is 37.4 Å². The summed E-state index contributed by atoms with van der Waals surface area (Å²) >= 11 is 0. The third-order valence-corrected chi connectivity index (χ3v) is 4.53. The molecule has 2 heterocycles. The fourth-order valence-corrected chi connectivity index (χ4v) is 3.05. The van der Waals surface area contributed by atoms with Crippen molar-refractivity contribution in [3.8, 4) is 0 Å². The van der Waals surface area contributed by atoms with Gasteiger partial charge in [-0.15, -0.1) is 0 Å². The highest BCUT2D eigenvalue weighted by atomic mass is 15.3. The number of aromatic nitrogens is 1. The Morgan fingerprint density at radius 1 is 1.44 bits per heavy atom. The number of hydrogen-bond donors (Lipinski definition) is 1. The molecule has 2 fully saturated rings. The van der Waals surface area contributed by atoms with E-state index in [4.69, 9.17) is 0 Å². The molecule has 3 heteroatoms. The number of nitrogens with zero attached hydrogens (tertiary/aromatic N) is 2. The third-order valence-electron chi connectivity index (χ3n) is 4.53. The van der Waals surface area contributed by atoms with E-state index in [0.29, 0.717) is 11.6 Å². The second kappa shape index (κ2) is 4.63. The maximum Gasteiger partial charge on any atom is 0.0544 e. The lowest BCUT2D eigenvalue weighted by Gasteiger charge is -2.45. The van der Waals surface area contributed by atoms with Gasteiger partial charge in [0.2, 0.25) is 0 Å². The molecule has 2 unspecified atom stereocenters. The molecule has 0 amide bonds. The van der Waals surface area contributed by atoms with Gasteiger partial charge in [0.25, 0.3) is 0 Å². The van der Waals surface area contributed by atoms with Crippen LogP contribution in [0.1, 0.15) is 32.4 Å². The number of pyridine rings is 1. The largest absolute Gasteiger partial charge is 0.308 e. The molecule has 2 aliphatic rings. The number of piperazine rings is 1. The van der Waals surface area contributed by atoms with Gasteiger partial charge in [-0.2, -0.15) is 0 Å². The molecule has 3 rings (SSSR count). The second-order valence-corrected chi connectivity index (χ2v) is 6.15. The van der Waals surface area contributed by atoms with Crippen molar-refractivity contribution < 1.29 is 0 Å². The van der Waals surface area contributed by atoms with Crippen LogP contribution < -0.4 is 5.32 Å². The first-order valence-corrected chi connectivity index (χ1v) is 7.06. The molecular formula is C15H23N3. The van der Waals surface area contributed by atoms with Gasteiger partial charge in [0.15, 0.2) is 0 Å². The van der Waals surface area contributed by atoms with Crippen molar-refractivity contribution in [2.24, 2.45) is 5.92 Å². The van der Waals surface area contributed by atoms with Crippen LogP contribution in [0.5, 0.6) is 0 Å². The van der Waals surface area contributed by atoms with Crippen LogP contribution in [0, 0.1) is 5.92 Å². The Kier molecular flexibility index (Phi) is 3.12. The highest BCUT2D eigenvalue weighted by Gasteiger charge is 2.45. The quantitative estimate of drug-likeness (QED) is 0.883. The van der Waals surface area contributed by atoms with Gasteiger partial charge < -0.3 is 5.32 Å². The molecule has 0 aromatic carbocycles. The van der Waals surface area contributed by atoms with Crippen LogP contribution in [0.3, 0.4) is 0 Å². The first-order chi connectivity index (χ1) is 8.67. The molecule has 0 spiro atoms. The normalized spacial score (nSPS) is 33.6. The van der Waals surface area contributed by atoms with E-state index in [0.717, 1.165) is 25.6 Å². The summed E-state index contributed by atoms with van der Waals surface area (Å²) in [6.07, 6.45) is 4.69. The first kappa shape index (κ1) is 12.1. The molecule has 18 heavy (non-hydrogen) atoms. The maximum absolute atomic E-state index is 4.45. The zero-order valence-corrected chi connectivity index (χ0v) is 11.4. The van der Waals surface area contributed by atoms with E-state index in [1.807, 2.05) is 12.3 Å². The number of nitrogens with one attached hydrogen (secondary N) is 1. The van der Waals surface area contributed by atoms with Crippen molar-refractivity contribution in [1.82, 2.24) is 15.2 Å². The summed E-state index contributed by atoms with van der Waals surface area (Å²) in [5, 5.41) is 3.76. The van der Waals surface area contributed by atoms with Crippen molar-refractivity contribution in [2.75, 3.05) is 13.1 Å². The minimum atomic E-state index is 0.321. The van der Waals surface area contributed by atoms with E-state index < -0.39 is 0 Å². The molecular weight excluding hydrogens is 222 g/mol. The summed E-state index contributed by atoms with van der Waals surface area (Å²) in [6, 6.07) is 6.79. The average Bonchev–Trinajstić information content (AvgIpc) is 3.20. The molecule has 0 radical (unpaired) electrons. The summed E-state index contributed by atoms with van der Waals surface area (Å²) in [6.45, 7) is 7.92. The van der Waals surface area contributed by atoms with Gasteiger partial charge in [-0.25, -0.2) is 0 Å². The summed E-state index contributed by atoms with van der Waals surface area (Å²) in [4.78, 5) is 7.03. The minimum Gasteiger partial charge on any atom is -0.308 e. The van der Waals surface area contributed by atoms with E-state index in [9.17, 15) is 0 Å². The zero-order valence-electron chi connectivity index (χ0n) is 11.4. The number of hydrogen-bond acceptors (Lipinski definition) is 3. The van der Waals surface area contributed by atoms with Gasteiger partial charge in [0.05, 0.1) is 5.69 Å². The number of rotatable bonds is 3. The summed E-state index contributed by atoms with van der Waals surface area (Å²) in [5.41, 5.74) is 1.51. The van der Waals surface area contributed by atoms with Crippen molar-refractivity contribution in [2.45, 2.75) is 44.8 Å². The first-order valence-electron chi connectivity index (χ1n) is 7.06. The van der Waals surface area contributed by atoms with Crippen LogP contribution in [0.2, 0.25) is 0 Å².